The van der Waals surface area contributed by atoms with Gasteiger partial charge in [0.25, 0.3) is 5.91 Å². The van der Waals surface area contributed by atoms with Crippen LogP contribution in [0.1, 0.15) is 24.2 Å². The molecule has 7 nitrogen and oxygen atoms in total. The summed E-state index contributed by atoms with van der Waals surface area (Å²) >= 11 is 12.3. The number of ether oxygens (including phenoxy) is 1. The molecule has 0 aliphatic heterocycles. The van der Waals surface area contributed by atoms with E-state index in [2.05, 4.69) is 10.3 Å². The molecule has 0 atom stereocenters. The van der Waals surface area contributed by atoms with Crippen LogP contribution >= 0.6 is 23.2 Å². The Morgan fingerprint density at radius 3 is 2.45 bits per heavy atom. The molecular formula is C29H28Cl2N4O3. The van der Waals surface area contributed by atoms with Gasteiger partial charge in [-0.05, 0) is 42.3 Å². The van der Waals surface area contributed by atoms with Gasteiger partial charge in [0, 0.05) is 29.4 Å². The monoisotopic (exact) mass is 550 g/mol. The second kappa shape index (κ2) is 12.2. The van der Waals surface area contributed by atoms with Gasteiger partial charge in [-0.2, -0.15) is 0 Å². The molecule has 0 spiro atoms. The molecule has 0 saturated carbocycles. The molecule has 1 N–H and O–H groups in total. The van der Waals surface area contributed by atoms with Crippen molar-refractivity contribution in [1.82, 2.24) is 14.5 Å². The second-order valence-corrected chi connectivity index (χ2v) is 9.98. The first kappa shape index (κ1) is 27.2. The van der Waals surface area contributed by atoms with Crippen molar-refractivity contribution >= 4 is 41.0 Å². The molecule has 4 rings (SSSR count). The molecule has 1 heterocycles. The van der Waals surface area contributed by atoms with Crippen LogP contribution in [0.2, 0.25) is 10.0 Å². The molecule has 0 aliphatic rings. The van der Waals surface area contributed by atoms with Gasteiger partial charge in [0.15, 0.2) is 0 Å². The maximum Gasteiger partial charge on any atom is 0.255 e. The van der Waals surface area contributed by atoms with E-state index in [0.29, 0.717) is 39.5 Å². The lowest BCUT2D eigenvalue weighted by Gasteiger charge is -2.24. The molecule has 0 bridgehead atoms. The lowest BCUT2D eigenvalue weighted by Crippen LogP contribution is -2.40. The third-order valence-corrected chi connectivity index (χ3v) is 6.32. The molecule has 0 aliphatic carbocycles. The molecule has 3 aromatic carbocycles. The van der Waals surface area contributed by atoms with Crippen molar-refractivity contribution in [1.29, 1.82) is 0 Å². The number of nitrogens with zero attached hydrogens (tertiary/aromatic N) is 3. The predicted octanol–water partition coefficient (Wildman–Crippen LogP) is 6.59. The van der Waals surface area contributed by atoms with Gasteiger partial charge < -0.3 is 9.64 Å². The van der Waals surface area contributed by atoms with Crippen molar-refractivity contribution in [3.63, 3.8) is 0 Å². The summed E-state index contributed by atoms with van der Waals surface area (Å²) in [6, 6.07) is 21.5. The molecule has 0 fully saturated rings. The van der Waals surface area contributed by atoms with Crippen molar-refractivity contribution in [2.24, 2.45) is 5.92 Å². The Bertz CT molecular complexity index is 1430. The summed E-state index contributed by atoms with van der Waals surface area (Å²) in [5, 5.41) is 3.85. The fourth-order valence-corrected chi connectivity index (χ4v) is 4.33. The number of halogens is 2. The van der Waals surface area contributed by atoms with E-state index >= 15 is 0 Å². The van der Waals surface area contributed by atoms with E-state index in [0.717, 1.165) is 11.3 Å². The zero-order valence-corrected chi connectivity index (χ0v) is 22.8. The van der Waals surface area contributed by atoms with Crippen LogP contribution in [0, 0.1) is 5.92 Å². The molecule has 0 unspecified atom stereocenters. The summed E-state index contributed by atoms with van der Waals surface area (Å²) in [6.45, 7) is 4.19. The fraction of sp³-hybridized carbons (Fsp3) is 0.207. The van der Waals surface area contributed by atoms with Gasteiger partial charge in [-0.1, -0.05) is 67.4 Å². The van der Waals surface area contributed by atoms with E-state index in [1.165, 1.54) is 4.90 Å². The first-order valence-electron chi connectivity index (χ1n) is 12.1. The van der Waals surface area contributed by atoms with Gasteiger partial charge in [0.1, 0.15) is 12.3 Å². The summed E-state index contributed by atoms with van der Waals surface area (Å²) in [6.07, 6.45) is 1.83. The molecule has 0 radical (unpaired) electrons. The topological polar surface area (TPSA) is 76.5 Å². The van der Waals surface area contributed by atoms with Crippen molar-refractivity contribution in [3.8, 4) is 22.7 Å². The van der Waals surface area contributed by atoms with E-state index in [1.54, 1.807) is 48.1 Å². The number of rotatable bonds is 9. The lowest BCUT2D eigenvalue weighted by atomic mass is 10.1. The number of imidazole rings is 1. The average Bonchev–Trinajstić information content (AvgIpc) is 3.32. The number of carbonyl (C=O) groups excluding carboxylic acids is 2. The summed E-state index contributed by atoms with van der Waals surface area (Å²) in [4.78, 5) is 32.8. The molecule has 1 aromatic heterocycles. The number of hydrogen-bond donors (Lipinski definition) is 1. The number of methoxy groups -OCH3 is 1. The van der Waals surface area contributed by atoms with Crippen LogP contribution in [-0.2, 0) is 4.79 Å². The molecule has 4 aromatic rings. The van der Waals surface area contributed by atoms with Crippen LogP contribution in [0.5, 0.6) is 5.75 Å². The van der Waals surface area contributed by atoms with Gasteiger partial charge in [-0.3, -0.25) is 19.5 Å². The minimum absolute atomic E-state index is 0.143. The smallest absolute Gasteiger partial charge is 0.255 e. The Hall–Kier alpha value is -3.81. The number of hydrogen-bond acceptors (Lipinski definition) is 4. The maximum atomic E-state index is 13.3. The average molecular weight is 551 g/mol. The normalized spacial score (nSPS) is 10.9. The van der Waals surface area contributed by atoms with Crippen LogP contribution in [0.3, 0.4) is 0 Å². The summed E-state index contributed by atoms with van der Waals surface area (Å²) < 4.78 is 7.15. The fourth-order valence-electron chi connectivity index (χ4n) is 3.99. The van der Waals surface area contributed by atoms with Crippen molar-refractivity contribution in [2.75, 3.05) is 25.5 Å². The van der Waals surface area contributed by atoms with Crippen molar-refractivity contribution < 1.29 is 14.3 Å². The van der Waals surface area contributed by atoms with E-state index in [4.69, 9.17) is 27.9 Å². The van der Waals surface area contributed by atoms with Crippen LogP contribution in [0.15, 0.2) is 79.0 Å². The maximum absolute atomic E-state index is 13.3. The van der Waals surface area contributed by atoms with E-state index < -0.39 is 0 Å². The highest BCUT2D eigenvalue weighted by Crippen LogP contribution is 2.27. The van der Waals surface area contributed by atoms with Crippen LogP contribution in [-0.4, -0.2) is 46.5 Å². The van der Waals surface area contributed by atoms with Crippen molar-refractivity contribution in [2.45, 2.75) is 13.8 Å². The first-order valence-corrected chi connectivity index (χ1v) is 12.8. The third kappa shape index (κ3) is 6.54. The number of nitrogens with one attached hydrogen (secondary N) is 1. The first-order chi connectivity index (χ1) is 18.2. The van der Waals surface area contributed by atoms with Gasteiger partial charge in [0.2, 0.25) is 11.9 Å². The standard InChI is InChI=1S/C29H28Cl2N4O3/c1-19(2)16-34(28(37)24-9-4-5-10-25(24)31)18-27(36)33-29-32-26(20-11-13-21(30)14-12-20)17-35(29)22-7-6-8-23(15-22)38-3/h4-15,17,19H,16,18H2,1-3H3,(H,32,33,36). The molecule has 0 saturated heterocycles. The largest absolute Gasteiger partial charge is 0.497 e. The van der Waals surface area contributed by atoms with E-state index in [9.17, 15) is 9.59 Å². The molecule has 2 amide bonds. The molecule has 9 heteroatoms. The number of aromatic nitrogens is 2. The number of anilines is 1. The zero-order chi connectivity index (χ0) is 27.2. The van der Waals surface area contributed by atoms with Gasteiger partial charge >= 0.3 is 0 Å². The summed E-state index contributed by atoms with van der Waals surface area (Å²) in [5.74, 6) is 0.420. The SMILES string of the molecule is COc1cccc(-n2cc(-c3ccc(Cl)cc3)nc2NC(=O)CN(CC(C)C)C(=O)c2ccccc2Cl)c1. The number of carbonyl (C=O) groups is 2. The Morgan fingerprint density at radius 2 is 1.76 bits per heavy atom. The van der Waals surface area contributed by atoms with Crippen molar-refractivity contribution in [3.05, 3.63) is 94.6 Å². The predicted molar refractivity (Wildman–Crippen MR) is 151 cm³/mol. The summed E-state index contributed by atoms with van der Waals surface area (Å²) in [7, 11) is 1.59. The molecular weight excluding hydrogens is 523 g/mol. The lowest BCUT2D eigenvalue weighted by molar-refractivity contribution is -0.117. The van der Waals surface area contributed by atoms with Crippen LogP contribution in [0.25, 0.3) is 16.9 Å². The highest BCUT2D eigenvalue weighted by Gasteiger charge is 2.23. The Labute approximate surface area is 232 Å². The Balaban J connectivity index is 1.64. The summed E-state index contributed by atoms with van der Waals surface area (Å²) in [5.41, 5.74) is 2.58. The highest BCUT2D eigenvalue weighted by atomic mass is 35.5. The van der Waals surface area contributed by atoms with E-state index in [-0.39, 0.29) is 24.3 Å². The quantitative estimate of drug-likeness (QED) is 0.255. The number of benzene rings is 3. The highest BCUT2D eigenvalue weighted by molar-refractivity contribution is 6.33. The Kier molecular flexibility index (Phi) is 8.71. The Morgan fingerprint density at radius 1 is 1.03 bits per heavy atom. The zero-order valence-electron chi connectivity index (χ0n) is 21.3. The molecule has 38 heavy (non-hydrogen) atoms. The minimum atomic E-state index is -0.386. The third-order valence-electron chi connectivity index (χ3n) is 5.74. The molecule has 196 valence electrons. The van der Waals surface area contributed by atoms with Gasteiger partial charge in [-0.15, -0.1) is 0 Å². The minimum Gasteiger partial charge on any atom is -0.497 e. The van der Waals surface area contributed by atoms with Crippen LogP contribution < -0.4 is 10.1 Å². The van der Waals surface area contributed by atoms with Crippen LogP contribution in [0.4, 0.5) is 5.95 Å². The van der Waals surface area contributed by atoms with Gasteiger partial charge in [0.05, 0.1) is 29.1 Å². The number of amides is 2. The van der Waals surface area contributed by atoms with Gasteiger partial charge in [-0.25, -0.2) is 4.98 Å². The second-order valence-electron chi connectivity index (χ2n) is 9.14. The van der Waals surface area contributed by atoms with E-state index in [1.807, 2.05) is 56.4 Å².